The molecular formula is C5H8NO. The van der Waals surface area contributed by atoms with E-state index < -0.39 is 0 Å². The average Bonchev–Trinajstić information content (AvgIpc) is 1.68. The van der Waals surface area contributed by atoms with Crippen LogP contribution in [0.4, 0.5) is 0 Å². The van der Waals surface area contributed by atoms with Gasteiger partial charge in [0.2, 0.25) is 0 Å². The van der Waals surface area contributed by atoms with Gasteiger partial charge in [-0.2, -0.15) is 0 Å². The SMILES string of the molecule is [CH]=C/C(C)=N\OC. The van der Waals surface area contributed by atoms with E-state index in [1.54, 1.807) is 6.92 Å². The van der Waals surface area contributed by atoms with E-state index in [4.69, 9.17) is 6.58 Å². The second-order valence-electron chi connectivity index (χ2n) is 1.08. The van der Waals surface area contributed by atoms with E-state index in [-0.39, 0.29) is 0 Å². The minimum atomic E-state index is 0.683. The van der Waals surface area contributed by atoms with Gasteiger partial charge in [0.05, 0.1) is 5.71 Å². The van der Waals surface area contributed by atoms with E-state index in [0.29, 0.717) is 5.71 Å². The average molecular weight is 98.1 g/mol. The van der Waals surface area contributed by atoms with Crippen LogP contribution in [0.2, 0.25) is 0 Å². The van der Waals surface area contributed by atoms with Gasteiger partial charge in [-0.15, -0.1) is 0 Å². The zero-order valence-electron chi connectivity index (χ0n) is 4.51. The van der Waals surface area contributed by atoms with Crippen molar-refractivity contribution in [1.29, 1.82) is 0 Å². The summed E-state index contributed by atoms with van der Waals surface area (Å²) in [6.07, 6.45) is 1.38. The summed E-state index contributed by atoms with van der Waals surface area (Å²) in [4.78, 5) is 4.37. The molecule has 1 radical (unpaired) electrons. The summed E-state index contributed by atoms with van der Waals surface area (Å²) in [5, 5.41) is 3.48. The van der Waals surface area contributed by atoms with Gasteiger partial charge >= 0.3 is 0 Å². The van der Waals surface area contributed by atoms with Crippen molar-refractivity contribution in [2.45, 2.75) is 6.92 Å². The fourth-order valence-electron chi connectivity index (χ4n) is 0.174. The number of oxime groups is 1. The lowest BCUT2D eigenvalue weighted by molar-refractivity contribution is 0.213. The number of rotatable bonds is 2. The Balaban J connectivity index is 3.49. The Bertz CT molecular complexity index is 86.1. The molecule has 7 heavy (non-hydrogen) atoms. The summed E-state index contributed by atoms with van der Waals surface area (Å²) >= 11 is 0. The number of nitrogens with zero attached hydrogens (tertiary/aromatic N) is 1. The monoisotopic (exact) mass is 98.1 g/mol. The van der Waals surface area contributed by atoms with Crippen LogP contribution in [0.25, 0.3) is 0 Å². The van der Waals surface area contributed by atoms with Gasteiger partial charge in [-0.05, 0) is 13.0 Å². The van der Waals surface area contributed by atoms with Crippen molar-refractivity contribution in [3.05, 3.63) is 12.7 Å². The highest BCUT2D eigenvalue weighted by atomic mass is 16.6. The molecule has 0 aliphatic rings. The Morgan fingerprint density at radius 3 is 2.57 bits per heavy atom. The van der Waals surface area contributed by atoms with Crippen LogP contribution in [0.1, 0.15) is 6.92 Å². The lowest BCUT2D eigenvalue weighted by Crippen LogP contribution is -1.82. The van der Waals surface area contributed by atoms with Crippen molar-refractivity contribution in [2.24, 2.45) is 5.16 Å². The molecular weight excluding hydrogens is 90.1 g/mol. The third-order valence-corrected chi connectivity index (χ3v) is 0.476. The van der Waals surface area contributed by atoms with Crippen molar-refractivity contribution in [1.82, 2.24) is 0 Å². The third-order valence-electron chi connectivity index (χ3n) is 0.476. The summed E-state index contributed by atoms with van der Waals surface area (Å²) in [5.74, 6) is 0. The van der Waals surface area contributed by atoms with Crippen LogP contribution in [0.5, 0.6) is 0 Å². The van der Waals surface area contributed by atoms with Gasteiger partial charge in [-0.3, -0.25) is 0 Å². The lowest BCUT2D eigenvalue weighted by atomic mass is 10.4. The Hall–Kier alpha value is -0.790. The predicted octanol–water partition coefficient (Wildman–Crippen LogP) is 0.998. The number of hydrogen-bond donors (Lipinski definition) is 0. The quantitative estimate of drug-likeness (QED) is 0.373. The standard InChI is InChI=1S/C5H8NO/c1-4-5(2)6-7-3/h1,4H,2-3H3/b4-1?,6-5-. The van der Waals surface area contributed by atoms with E-state index in [1.165, 1.54) is 13.2 Å². The van der Waals surface area contributed by atoms with E-state index in [9.17, 15) is 0 Å². The maximum atomic E-state index is 5.02. The highest BCUT2D eigenvalue weighted by Gasteiger charge is 1.74. The predicted molar refractivity (Wildman–Crippen MR) is 29.0 cm³/mol. The first-order valence-electron chi connectivity index (χ1n) is 1.94. The smallest absolute Gasteiger partial charge is 0.106 e. The van der Waals surface area contributed by atoms with Crippen molar-refractivity contribution >= 4 is 5.71 Å². The molecule has 0 saturated carbocycles. The molecule has 0 aliphatic carbocycles. The van der Waals surface area contributed by atoms with Gasteiger partial charge < -0.3 is 4.84 Å². The maximum absolute atomic E-state index is 5.02. The summed E-state index contributed by atoms with van der Waals surface area (Å²) in [7, 11) is 1.48. The highest BCUT2D eigenvalue weighted by Crippen LogP contribution is 1.75. The maximum Gasteiger partial charge on any atom is 0.106 e. The van der Waals surface area contributed by atoms with Gasteiger partial charge in [0.25, 0.3) is 0 Å². The van der Waals surface area contributed by atoms with Crippen LogP contribution in [-0.2, 0) is 4.84 Å². The lowest BCUT2D eigenvalue weighted by Gasteiger charge is -1.85. The van der Waals surface area contributed by atoms with E-state index in [2.05, 4.69) is 9.99 Å². The van der Waals surface area contributed by atoms with Crippen LogP contribution < -0.4 is 0 Å². The van der Waals surface area contributed by atoms with Crippen LogP contribution in [0.15, 0.2) is 11.2 Å². The summed E-state index contributed by atoms with van der Waals surface area (Å²) < 4.78 is 0. The fraction of sp³-hybridized carbons (Fsp3) is 0.400. The van der Waals surface area contributed by atoms with Crippen molar-refractivity contribution in [3.8, 4) is 0 Å². The highest BCUT2D eigenvalue weighted by molar-refractivity contribution is 5.91. The largest absolute Gasteiger partial charge is 0.399 e. The first-order valence-corrected chi connectivity index (χ1v) is 1.94. The van der Waals surface area contributed by atoms with Gasteiger partial charge in [-0.1, -0.05) is 11.7 Å². The minimum absolute atomic E-state index is 0.683. The Labute approximate surface area is 43.5 Å². The molecule has 39 valence electrons. The number of hydrogen-bond acceptors (Lipinski definition) is 2. The third kappa shape index (κ3) is 3.03. The Morgan fingerprint density at radius 2 is 2.43 bits per heavy atom. The summed E-state index contributed by atoms with van der Waals surface area (Å²) in [5.41, 5.74) is 0.683. The summed E-state index contributed by atoms with van der Waals surface area (Å²) in [6, 6.07) is 0. The topological polar surface area (TPSA) is 21.6 Å². The summed E-state index contributed by atoms with van der Waals surface area (Å²) in [6.45, 7) is 6.78. The molecule has 0 fully saturated rings. The Morgan fingerprint density at radius 1 is 1.86 bits per heavy atom. The normalized spacial score (nSPS) is 10.9. The van der Waals surface area contributed by atoms with E-state index in [0.717, 1.165) is 0 Å². The second-order valence-corrected chi connectivity index (χ2v) is 1.08. The molecule has 0 aromatic heterocycles. The molecule has 0 saturated heterocycles. The number of allylic oxidation sites excluding steroid dienone is 1. The van der Waals surface area contributed by atoms with Gasteiger partial charge in [0, 0.05) is 0 Å². The van der Waals surface area contributed by atoms with Gasteiger partial charge in [0.15, 0.2) is 0 Å². The zero-order chi connectivity index (χ0) is 5.70. The molecule has 0 unspecified atom stereocenters. The van der Waals surface area contributed by atoms with Crippen molar-refractivity contribution in [3.63, 3.8) is 0 Å². The molecule has 0 spiro atoms. The molecule has 2 nitrogen and oxygen atoms in total. The van der Waals surface area contributed by atoms with E-state index in [1.807, 2.05) is 0 Å². The molecule has 0 aliphatic heterocycles. The van der Waals surface area contributed by atoms with Crippen molar-refractivity contribution < 1.29 is 4.84 Å². The molecule has 0 aromatic carbocycles. The first kappa shape index (κ1) is 6.21. The Kier molecular flexibility index (Phi) is 3.02. The molecule has 0 N–H and O–H groups in total. The van der Waals surface area contributed by atoms with Crippen molar-refractivity contribution in [2.75, 3.05) is 7.11 Å². The molecule has 2 heteroatoms. The van der Waals surface area contributed by atoms with Gasteiger partial charge in [-0.25, -0.2) is 0 Å². The van der Waals surface area contributed by atoms with Gasteiger partial charge in [0.1, 0.15) is 7.11 Å². The molecule has 0 atom stereocenters. The second kappa shape index (κ2) is 3.40. The molecule has 0 heterocycles. The fourth-order valence-corrected chi connectivity index (χ4v) is 0.174. The minimum Gasteiger partial charge on any atom is -0.399 e. The molecule has 0 aromatic rings. The van der Waals surface area contributed by atoms with Crippen LogP contribution in [0.3, 0.4) is 0 Å². The van der Waals surface area contributed by atoms with Crippen LogP contribution in [0, 0.1) is 6.58 Å². The zero-order valence-corrected chi connectivity index (χ0v) is 4.51. The van der Waals surface area contributed by atoms with E-state index >= 15 is 0 Å². The molecule has 0 bridgehead atoms. The molecule has 0 amide bonds. The molecule has 0 rings (SSSR count). The van der Waals surface area contributed by atoms with Crippen LogP contribution in [-0.4, -0.2) is 12.8 Å². The first-order chi connectivity index (χ1) is 3.31. The van der Waals surface area contributed by atoms with Crippen LogP contribution >= 0.6 is 0 Å².